The van der Waals surface area contributed by atoms with Gasteiger partial charge < -0.3 is 5.32 Å². The Kier molecular flexibility index (Phi) is 5.32. The zero-order valence-electron chi connectivity index (χ0n) is 14.1. The number of anilines is 1. The second-order valence-electron chi connectivity index (χ2n) is 6.15. The number of rotatable bonds is 4. The summed E-state index contributed by atoms with van der Waals surface area (Å²) in [5, 5.41) is 3.30. The van der Waals surface area contributed by atoms with E-state index < -0.39 is 32.7 Å². The number of nitrogens with zero attached hydrogens (tertiary/aromatic N) is 1. The lowest BCUT2D eigenvalue weighted by Crippen LogP contribution is -2.43. The molecule has 0 aromatic heterocycles. The number of sulfonamides is 1. The van der Waals surface area contributed by atoms with Gasteiger partial charge in [0.2, 0.25) is 15.9 Å². The van der Waals surface area contributed by atoms with Gasteiger partial charge >= 0.3 is 0 Å². The van der Waals surface area contributed by atoms with Crippen molar-refractivity contribution in [3.63, 3.8) is 0 Å². The maximum Gasteiger partial charge on any atom is 0.246 e. The predicted octanol–water partition coefficient (Wildman–Crippen LogP) is 3.58. The van der Waals surface area contributed by atoms with E-state index in [2.05, 4.69) is 5.32 Å². The zero-order chi connectivity index (χ0) is 18.9. The third-order valence-electron chi connectivity index (χ3n) is 4.38. The van der Waals surface area contributed by atoms with E-state index >= 15 is 0 Å². The van der Waals surface area contributed by atoms with Crippen molar-refractivity contribution in [2.45, 2.75) is 30.7 Å². The van der Waals surface area contributed by atoms with Crippen LogP contribution in [-0.2, 0) is 14.8 Å². The van der Waals surface area contributed by atoms with Crippen molar-refractivity contribution >= 4 is 33.2 Å². The van der Waals surface area contributed by atoms with Gasteiger partial charge in [-0.2, -0.15) is 4.31 Å². The van der Waals surface area contributed by atoms with Crippen molar-refractivity contribution in [1.29, 1.82) is 0 Å². The lowest BCUT2D eigenvalue weighted by molar-refractivity contribution is -0.119. The summed E-state index contributed by atoms with van der Waals surface area (Å²) >= 11 is 5.91. The summed E-state index contributed by atoms with van der Waals surface area (Å²) < 4.78 is 40.7. The van der Waals surface area contributed by atoms with Gasteiger partial charge in [0.15, 0.2) is 0 Å². The van der Waals surface area contributed by atoms with Gasteiger partial charge in [-0.05, 0) is 55.7 Å². The Morgan fingerprint density at radius 2 is 2.00 bits per heavy atom. The van der Waals surface area contributed by atoms with Gasteiger partial charge in [-0.3, -0.25) is 4.79 Å². The highest BCUT2D eigenvalue weighted by atomic mass is 35.5. The maximum atomic E-state index is 14.0. The molecule has 0 bridgehead atoms. The summed E-state index contributed by atoms with van der Waals surface area (Å²) in [7, 11) is -4.10. The van der Waals surface area contributed by atoms with Gasteiger partial charge in [-0.1, -0.05) is 23.7 Å². The monoisotopic (exact) mass is 396 g/mol. The Labute approximate surface area is 156 Å². The highest BCUT2D eigenvalue weighted by Crippen LogP contribution is 2.29. The summed E-state index contributed by atoms with van der Waals surface area (Å²) in [4.78, 5) is 12.3. The third kappa shape index (κ3) is 3.60. The van der Waals surface area contributed by atoms with Crippen molar-refractivity contribution in [2.24, 2.45) is 0 Å². The Morgan fingerprint density at radius 1 is 1.27 bits per heavy atom. The fourth-order valence-corrected chi connectivity index (χ4v) is 5.00. The average molecular weight is 397 g/mol. The first-order valence-corrected chi connectivity index (χ1v) is 9.96. The number of hydrogen-bond donors (Lipinski definition) is 1. The molecule has 1 saturated heterocycles. The number of aryl methyl sites for hydroxylation is 1. The summed E-state index contributed by atoms with van der Waals surface area (Å²) in [5.41, 5.74) is 1.34. The van der Waals surface area contributed by atoms with Gasteiger partial charge in [-0.15, -0.1) is 0 Å². The van der Waals surface area contributed by atoms with E-state index in [0.717, 1.165) is 15.9 Å². The van der Waals surface area contributed by atoms with E-state index in [1.165, 1.54) is 18.2 Å². The highest BCUT2D eigenvalue weighted by molar-refractivity contribution is 7.89. The van der Waals surface area contributed by atoms with Crippen molar-refractivity contribution < 1.29 is 17.6 Å². The average Bonchev–Trinajstić information content (AvgIpc) is 3.08. The topological polar surface area (TPSA) is 66.5 Å². The standard InChI is InChI=1S/C18H18ClFN2O3S/c1-12-11-13(19)8-9-15(12)21-18(23)16-6-4-10-22(16)26(24,25)17-7-3-2-5-14(17)20/h2-3,5,7-9,11,16H,4,6,10H2,1H3,(H,21,23)/t16-/m0/s1. The van der Waals surface area contributed by atoms with Crippen LogP contribution in [0.4, 0.5) is 10.1 Å². The number of nitrogens with one attached hydrogen (secondary N) is 1. The van der Waals surface area contributed by atoms with Crippen LogP contribution in [0.2, 0.25) is 5.02 Å². The fraction of sp³-hybridized carbons (Fsp3) is 0.278. The van der Waals surface area contributed by atoms with Crippen LogP contribution < -0.4 is 5.32 Å². The van der Waals surface area contributed by atoms with Gasteiger partial charge in [0.1, 0.15) is 16.8 Å². The number of carbonyl (C=O) groups is 1. The molecular weight excluding hydrogens is 379 g/mol. The zero-order valence-corrected chi connectivity index (χ0v) is 15.6. The molecule has 1 aliphatic rings. The molecule has 0 spiro atoms. The highest BCUT2D eigenvalue weighted by Gasteiger charge is 2.40. The minimum atomic E-state index is -4.10. The van der Waals surface area contributed by atoms with Crippen LogP contribution in [-0.4, -0.2) is 31.2 Å². The van der Waals surface area contributed by atoms with Crippen LogP contribution >= 0.6 is 11.6 Å². The molecule has 138 valence electrons. The minimum absolute atomic E-state index is 0.175. The fourth-order valence-electron chi connectivity index (χ4n) is 3.05. The molecule has 0 saturated carbocycles. The second-order valence-corrected chi connectivity index (χ2v) is 8.45. The normalized spacial score (nSPS) is 18.0. The van der Waals surface area contributed by atoms with Gasteiger partial charge in [0.25, 0.3) is 0 Å². The van der Waals surface area contributed by atoms with Crippen molar-refractivity contribution in [1.82, 2.24) is 4.31 Å². The maximum absolute atomic E-state index is 14.0. The van der Waals surface area contributed by atoms with Gasteiger partial charge in [0.05, 0.1) is 0 Å². The summed E-state index contributed by atoms with van der Waals surface area (Å²) in [6.45, 7) is 1.97. The number of halogens is 2. The summed E-state index contributed by atoms with van der Waals surface area (Å²) in [6.07, 6.45) is 0.914. The van der Waals surface area contributed by atoms with E-state index in [-0.39, 0.29) is 6.54 Å². The van der Waals surface area contributed by atoms with Crippen molar-refractivity contribution in [3.8, 4) is 0 Å². The number of benzene rings is 2. The summed E-state index contributed by atoms with van der Waals surface area (Å²) in [5.74, 6) is -1.26. The van der Waals surface area contributed by atoms with Gasteiger partial charge in [-0.25, -0.2) is 12.8 Å². The third-order valence-corrected chi connectivity index (χ3v) is 6.55. The predicted molar refractivity (Wildman–Crippen MR) is 98.1 cm³/mol. The van der Waals surface area contributed by atoms with E-state index in [1.807, 2.05) is 0 Å². The van der Waals surface area contributed by atoms with Crippen LogP contribution in [0.5, 0.6) is 0 Å². The van der Waals surface area contributed by atoms with Crippen LogP contribution in [0.15, 0.2) is 47.4 Å². The second kappa shape index (κ2) is 7.34. The molecule has 1 aliphatic heterocycles. The molecule has 0 radical (unpaired) electrons. The Balaban J connectivity index is 1.86. The van der Waals surface area contributed by atoms with E-state index in [0.29, 0.717) is 23.6 Å². The molecule has 26 heavy (non-hydrogen) atoms. The number of amides is 1. The molecule has 1 atom stereocenters. The Hall–Kier alpha value is -1.96. The van der Waals surface area contributed by atoms with E-state index in [4.69, 9.17) is 11.6 Å². The molecule has 2 aromatic carbocycles. The van der Waals surface area contributed by atoms with Crippen LogP contribution in [0.1, 0.15) is 18.4 Å². The van der Waals surface area contributed by atoms with Crippen molar-refractivity contribution in [2.75, 3.05) is 11.9 Å². The number of carbonyl (C=O) groups excluding carboxylic acids is 1. The largest absolute Gasteiger partial charge is 0.324 e. The lowest BCUT2D eigenvalue weighted by atomic mass is 10.1. The first kappa shape index (κ1) is 18.8. The van der Waals surface area contributed by atoms with Crippen LogP contribution in [0, 0.1) is 12.7 Å². The first-order valence-electron chi connectivity index (χ1n) is 8.14. The Bertz CT molecular complexity index is 949. The van der Waals surface area contributed by atoms with Crippen molar-refractivity contribution in [3.05, 3.63) is 58.9 Å². The van der Waals surface area contributed by atoms with Gasteiger partial charge in [0, 0.05) is 17.3 Å². The van der Waals surface area contributed by atoms with Crippen LogP contribution in [0.3, 0.4) is 0 Å². The quantitative estimate of drug-likeness (QED) is 0.858. The molecule has 0 unspecified atom stereocenters. The molecule has 8 heteroatoms. The van der Waals surface area contributed by atoms with E-state index in [1.54, 1.807) is 25.1 Å². The Morgan fingerprint density at radius 3 is 2.69 bits per heavy atom. The molecule has 1 heterocycles. The smallest absolute Gasteiger partial charge is 0.246 e. The molecular formula is C18H18ClFN2O3S. The molecule has 1 N–H and O–H groups in total. The first-order chi connectivity index (χ1) is 12.3. The van der Waals surface area contributed by atoms with E-state index in [9.17, 15) is 17.6 Å². The minimum Gasteiger partial charge on any atom is -0.324 e. The summed E-state index contributed by atoms with van der Waals surface area (Å²) in [6, 6.07) is 9.32. The lowest BCUT2D eigenvalue weighted by Gasteiger charge is -2.24. The molecule has 3 rings (SSSR count). The SMILES string of the molecule is Cc1cc(Cl)ccc1NC(=O)[C@@H]1CCCN1S(=O)(=O)c1ccccc1F. The molecule has 0 aliphatic carbocycles. The molecule has 2 aromatic rings. The molecule has 1 amide bonds. The number of hydrogen-bond acceptors (Lipinski definition) is 3. The van der Waals surface area contributed by atoms with Crippen LogP contribution in [0.25, 0.3) is 0 Å². The molecule has 1 fully saturated rings. The molecule has 5 nitrogen and oxygen atoms in total.